The van der Waals surface area contributed by atoms with Gasteiger partial charge in [0, 0.05) is 23.7 Å². The number of hydrogen-bond acceptors (Lipinski definition) is 4. The highest BCUT2D eigenvalue weighted by molar-refractivity contribution is 6.11. The van der Waals surface area contributed by atoms with Gasteiger partial charge in [-0.3, -0.25) is 4.79 Å². The summed E-state index contributed by atoms with van der Waals surface area (Å²) in [7, 11) is 1.59. The van der Waals surface area contributed by atoms with Gasteiger partial charge >= 0.3 is 0 Å². The first kappa shape index (κ1) is 23.9. The van der Waals surface area contributed by atoms with Gasteiger partial charge in [0.25, 0.3) is 5.91 Å². The van der Waals surface area contributed by atoms with Crippen LogP contribution in [-0.2, 0) is 5.54 Å². The van der Waals surface area contributed by atoms with Gasteiger partial charge < -0.3 is 15.2 Å². The topological polar surface area (TPSA) is 66.3 Å². The van der Waals surface area contributed by atoms with E-state index in [1.165, 1.54) is 17.7 Å². The molecule has 1 heterocycles. The quantitative estimate of drug-likeness (QED) is 0.205. The number of benzene rings is 4. The van der Waals surface area contributed by atoms with Crippen LogP contribution in [0.3, 0.4) is 0 Å². The molecule has 6 heteroatoms. The van der Waals surface area contributed by atoms with Gasteiger partial charge in [-0.05, 0) is 90.6 Å². The second kappa shape index (κ2) is 9.47. The average Bonchev–Trinajstić information content (AvgIpc) is 3.65. The van der Waals surface area contributed by atoms with Gasteiger partial charge in [0.05, 0.1) is 11.1 Å². The summed E-state index contributed by atoms with van der Waals surface area (Å²) in [6, 6.07) is 28.6. The molecule has 0 atom stereocenters. The zero-order valence-corrected chi connectivity index (χ0v) is 21.3. The predicted molar refractivity (Wildman–Crippen MR) is 149 cm³/mol. The van der Waals surface area contributed by atoms with Crippen molar-refractivity contribution < 1.29 is 13.6 Å². The summed E-state index contributed by atoms with van der Waals surface area (Å²) in [6.45, 7) is 2.07. The number of furan rings is 1. The molecular formula is C32H28FN3O2. The predicted octanol–water partition coefficient (Wildman–Crippen LogP) is 7.18. The maximum Gasteiger partial charge on any atom is 0.255 e. The Balaban J connectivity index is 1.35. The van der Waals surface area contributed by atoms with Crippen LogP contribution in [0.4, 0.5) is 10.1 Å². The summed E-state index contributed by atoms with van der Waals surface area (Å²) in [5.41, 5.74) is 14.0. The van der Waals surface area contributed by atoms with Crippen molar-refractivity contribution in [3.8, 4) is 22.5 Å². The van der Waals surface area contributed by atoms with Gasteiger partial charge in [0.15, 0.2) is 0 Å². The zero-order valence-electron chi connectivity index (χ0n) is 21.3. The van der Waals surface area contributed by atoms with E-state index in [2.05, 4.69) is 65.6 Å². The Morgan fingerprint density at radius 2 is 1.63 bits per heavy atom. The largest absolute Gasteiger partial charge is 0.455 e. The molecule has 1 saturated carbocycles. The Labute approximate surface area is 220 Å². The van der Waals surface area contributed by atoms with Crippen molar-refractivity contribution in [2.45, 2.75) is 25.3 Å². The molecular weight excluding hydrogens is 477 g/mol. The molecule has 0 bridgehead atoms. The molecule has 4 aromatic carbocycles. The first-order chi connectivity index (χ1) is 18.5. The SMILES string of the molecule is CNC(=O)c1c(-c2ccc(F)cc2)oc2ccc(-c3cc(NNC4(c5ccccc5)CC4)ccc3C)cc12. The highest BCUT2D eigenvalue weighted by Crippen LogP contribution is 2.45. The first-order valence-electron chi connectivity index (χ1n) is 12.7. The van der Waals surface area contributed by atoms with Crippen LogP contribution in [0.2, 0.25) is 0 Å². The Kier molecular flexibility index (Phi) is 5.97. The minimum atomic E-state index is -0.344. The highest BCUT2D eigenvalue weighted by Gasteiger charge is 2.44. The lowest BCUT2D eigenvalue weighted by Crippen LogP contribution is -2.34. The standard InChI is InChI=1S/C32H28FN3O2/c1-20-8-14-25(35-36-32(16-17-32)23-6-4-3-5-7-23)19-26(20)22-11-15-28-27(18-22)29(31(37)34-2)30(38-28)21-9-12-24(33)13-10-21/h3-15,18-19,35-36H,16-17H2,1-2H3,(H,34,37). The van der Waals surface area contributed by atoms with E-state index < -0.39 is 0 Å². The fraction of sp³-hybridized carbons (Fsp3) is 0.156. The van der Waals surface area contributed by atoms with E-state index in [9.17, 15) is 9.18 Å². The fourth-order valence-corrected chi connectivity index (χ4v) is 4.99. The summed E-state index contributed by atoms with van der Waals surface area (Å²) < 4.78 is 19.6. The molecule has 1 fully saturated rings. The Morgan fingerprint density at radius 1 is 0.895 bits per heavy atom. The second-order valence-electron chi connectivity index (χ2n) is 9.83. The van der Waals surface area contributed by atoms with Crippen molar-refractivity contribution in [1.82, 2.24) is 10.7 Å². The van der Waals surface area contributed by atoms with Crippen LogP contribution in [0.15, 0.2) is 95.4 Å². The summed E-state index contributed by atoms with van der Waals surface area (Å²) in [5, 5.41) is 3.43. The zero-order chi connectivity index (χ0) is 26.3. The number of hydrogen-bond donors (Lipinski definition) is 3. The molecule has 1 aliphatic carbocycles. The fourth-order valence-electron chi connectivity index (χ4n) is 4.99. The average molecular weight is 506 g/mol. The number of carbonyl (C=O) groups is 1. The van der Waals surface area contributed by atoms with Crippen LogP contribution in [-0.4, -0.2) is 13.0 Å². The normalized spacial score (nSPS) is 13.9. The van der Waals surface area contributed by atoms with Gasteiger partial charge in [0.1, 0.15) is 17.2 Å². The molecule has 0 saturated heterocycles. The molecule has 38 heavy (non-hydrogen) atoms. The van der Waals surface area contributed by atoms with Gasteiger partial charge in [-0.2, -0.15) is 0 Å². The van der Waals surface area contributed by atoms with E-state index in [1.807, 2.05) is 24.3 Å². The number of hydrazine groups is 1. The van der Waals surface area contributed by atoms with E-state index in [0.717, 1.165) is 35.2 Å². The maximum absolute atomic E-state index is 13.5. The number of fused-ring (bicyclic) bond motifs is 1. The summed E-state index contributed by atoms with van der Waals surface area (Å²) in [4.78, 5) is 13.0. The van der Waals surface area contributed by atoms with Crippen LogP contribution < -0.4 is 16.2 Å². The van der Waals surface area contributed by atoms with E-state index in [4.69, 9.17) is 4.42 Å². The summed E-state index contributed by atoms with van der Waals surface area (Å²) in [6.07, 6.45) is 2.16. The molecule has 3 N–H and O–H groups in total. The monoisotopic (exact) mass is 505 g/mol. The molecule has 0 radical (unpaired) electrons. The molecule has 0 spiro atoms. The van der Waals surface area contributed by atoms with Gasteiger partial charge in [-0.15, -0.1) is 0 Å². The number of carbonyl (C=O) groups excluding carboxylic acids is 1. The van der Waals surface area contributed by atoms with E-state index >= 15 is 0 Å². The van der Waals surface area contributed by atoms with Crippen LogP contribution >= 0.6 is 0 Å². The van der Waals surface area contributed by atoms with E-state index in [-0.39, 0.29) is 17.3 Å². The third kappa shape index (κ3) is 4.33. The lowest BCUT2D eigenvalue weighted by molar-refractivity contribution is 0.0964. The van der Waals surface area contributed by atoms with Crippen molar-refractivity contribution in [2.24, 2.45) is 0 Å². The third-order valence-electron chi connectivity index (χ3n) is 7.32. The van der Waals surface area contributed by atoms with Gasteiger partial charge in [0.2, 0.25) is 0 Å². The number of anilines is 1. The lowest BCUT2D eigenvalue weighted by atomic mass is 9.97. The summed E-state index contributed by atoms with van der Waals surface area (Å²) >= 11 is 0. The Hall–Kier alpha value is -4.42. The minimum Gasteiger partial charge on any atom is -0.455 e. The van der Waals surface area contributed by atoms with Crippen molar-refractivity contribution in [2.75, 3.05) is 12.5 Å². The molecule has 190 valence electrons. The first-order valence-corrected chi connectivity index (χ1v) is 12.7. The van der Waals surface area contributed by atoms with Crippen LogP contribution in [0.1, 0.15) is 34.3 Å². The summed E-state index contributed by atoms with van der Waals surface area (Å²) in [5.74, 6) is -0.181. The molecule has 5 nitrogen and oxygen atoms in total. The van der Waals surface area contributed by atoms with Crippen molar-refractivity contribution in [1.29, 1.82) is 0 Å². The molecule has 1 amide bonds. The second-order valence-corrected chi connectivity index (χ2v) is 9.83. The highest BCUT2D eigenvalue weighted by atomic mass is 19.1. The van der Waals surface area contributed by atoms with E-state index in [0.29, 0.717) is 27.9 Å². The number of aryl methyl sites for hydroxylation is 1. The van der Waals surface area contributed by atoms with Crippen molar-refractivity contribution in [3.05, 3.63) is 114 Å². The van der Waals surface area contributed by atoms with Crippen molar-refractivity contribution >= 4 is 22.6 Å². The van der Waals surface area contributed by atoms with Gasteiger partial charge in [-0.25, -0.2) is 9.82 Å². The molecule has 5 aromatic rings. The van der Waals surface area contributed by atoms with E-state index in [1.54, 1.807) is 19.2 Å². The Morgan fingerprint density at radius 3 is 2.34 bits per heavy atom. The maximum atomic E-state index is 13.5. The molecule has 0 unspecified atom stereocenters. The molecule has 6 rings (SSSR count). The molecule has 1 aromatic heterocycles. The number of nitrogens with one attached hydrogen (secondary N) is 3. The third-order valence-corrected chi connectivity index (χ3v) is 7.32. The van der Waals surface area contributed by atoms with Gasteiger partial charge in [-0.1, -0.05) is 42.5 Å². The number of rotatable bonds is 7. The minimum absolute atomic E-state index is 0.0405. The molecule has 1 aliphatic rings. The van der Waals surface area contributed by atoms with Crippen LogP contribution in [0.5, 0.6) is 0 Å². The van der Waals surface area contributed by atoms with Crippen molar-refractivity contribution in [3.63, 3.8) is 0 Å². The number of halogens is 1. The van der Waals surface area contributed by atoms with Crippen LogP contribution in [0, 0.1) is 12.7 Å². The molecule has 0 aliphatic heterocycles. The van der Waals surface area contributed by atoms with Crippen LogP contribution in [0.25, 0.3) is 33.4 Å². The Bertz CT molecular complexity index is 1640. The number of amides is 1. The smallest absolute Gasteiger partial charge is 0.255 e. The lowest BCUT2D eigenvalue weighted by Gasteiger charge is -2.20.